The maximum atomic E-state index is 10.4. The second-order valence-electron chi connectivity index (χ2n) is 12.3. The zero-order chi connectivity index (χ0) is 20.2. The summed E-state index contributed by atoms with van der Waals surface area (Å²) in [6, 6.07) is 0. The number of aliphatic hydroxyl groups is 2. The molecule has 170 valence electrons. The minimum atomic E-state index is -0.0490. The molecule has 2 N–H and O–H groups in total. The van der Waals surface area contributed by atoms with Crippen molar-refractivity contribution in [3.05, 3.63) is 0 Å². The molecule has 0 radical (unpaired) electrons. The van der Waals surface area contributed by atoms with Crippen molar-refractivity contribution >= 4 is 0 Å². The zero-order valence-corrected chi connectivity index (χ0v) is 18.8. The lowest BCUT2D eigenvalue weighted by Crippen LogP contribution is -2.60. The zero-order valence-electron chi connectivity index (χ0n) is 18.8. The van der Waals surface area contributed by atoms with Gasteiger partial charge in [0.2, 0.25) is 0 Å². The van der Waals surface area contributed by atoms with Gasteiger partial charge in [-0.05, 0) is 112 Å². The van der Waals surface area contributed by atoms with Gasteiger partial charge in [0.1, 0.15) is 0 Å². The monoisotopic (exact) mass is 416 g/mol. The first kappa shape index (κ1) is 20.5. The summed E-state index contributed by atoms with van der Waals surface area (Å²) in [5.74, 6) is 6.38. The van der Waals surface area contributed by atoms with Gasteiger partial charge in [-0.3, -0.25) is 0 Å². The summed E-state index contributed by atoms with van der Waals surface area (Å²) >= 11 is 0. The largest absolute Gasteiger partial charge is 0.393 e. The van der Waals surface area contributed by atoms with Crippen LogP contribution < -0.4 is 0 Å². The van der Waals surface area contributed by atoms with Gasteiger partial charge < -0.3 is 14.9 Å². The van der Waals surface area contributed by atoms with Crippen LogP contribution >= 0.6 is 0 Å². The number of rotatable bonds is 1. The molecule has 0 spiro atoms. The molecular formula is C27H44O3. The molecule has 5 aliphatic carbocycles. The Morgan fingerprint density at radius 2 is 1.00 bits per heavy atom. The maximum absolute atomic E-state index is 10.4. The molecule has 6 aliphatic rings. The van der Waals surface area contributed by atoms with Crippen molar-refractivity contribution < 1.29 is 14.9 Å². The molecule has 1 aliphatic heterocycles. The Balaban J connectivity index is 1.35. The van der Waals surface area contributed by atoms with E-state index in [1.165, 1.54) is 70.6 Å². The summed E-state index contributed by atoms with van der Waals surface area (Å²) in [4.78, 5) is 0. The molecule has 30 heavy (non-hydrogen) atoms. The van der Waals surface area contributed by atoms with Crippen molar-refractivity contribution in [1.29, 1.82) is 0 Å². The lowest BCUT2D eigenvalue weighted by molar-refractivity contribution is -0.235. The van der Waals surface area contributed by atoms with Crippen molar-refractivity contribution in [2.45, 2.75) is 121 Å². The molecular weight excluding hydrogens is 372 g/mol. The van der Waals surface area contributed by atoms with Crippen LogP contribution in [0.5, 0.6) is 0 Å². The molecule has 0 aromatic carbocycles. The highest BCUT2D eigenvalue weighted by Crippen LogP contribution is 2.60. The Morgan fingerprint density at radius 1 is 0.467 bits per heavy atom. The molecule has 3 nitrogen and oxygen atoms in total. The minimum Gasteiger partial charge on any atom is -0.393 e. The molecule has 10 unspecified atom stereocenters. The number of ether oxygens (including phenoxy) is 1. The summed E-state index contributed by atoms with van der Waals surface area (Å²) in [6.07, 6.45) is 19.8. The maximum Gasteiger partial charge on any atom is 0.0612 e. The first-order valence-corrected chi connectivity index (χ1v) is 13.7. The summed E-state index contributed by atoms with van der Waals surface area (Å²) in [5.41, 5.74) is 0. The van der Waals surface area contributed by atoms with E-state index in [1.54, 1.807) is 0 Å². The predicted molar refractivity (Wildman–Crippen MR) is 118 cm³/mol. The molecule has 6 rings (SSSR count). The number of fused-ring (bicyclic) bond motifs is 6. The third-order valence-electron chi connectivity index (χ3n) is 11.0. The summed E-state index contributed by atoms with van der Waals surface area (Å²) < 4.78 is 7.04. The van der Waals surface area contributed by atoms with Crippen LogP contribution in [-0.2, 0) is 4.74 Å². The van der Waals surface area contributed by atoms with E-state index in [0.29, 0.717) is 12.2 Å². The van der Waals surface area contributed by atoms with Gasteiger partial charge in [-0.25, -0.2) is 0 Å². The molecule has 0 bridgehead atoms. The van der Waals surface area contributed by atoms with E-state index < -0.39 is 0 Å². The lowest BCUT2D eigenvalue weighted by atomic mass is 9.49. The average molecular weight is 417 g/mol. The van der Waals surface area contributed by atoms with E-state index in [-0.39, 0.29) is 12.2 Å². The van der Waals surface area contributed by atoms with Crippen molar-refractivity contribution in [3.63, 3.8) is 0 Å². The van der Waals surface area contributed by atoms with Crippen molar-refractivity contribution in [2.75, 3.05) is 0 Å². The van der Waals surface area contributed by atoms with E-state index in [4.69, 9.17) is 4.74 Å². The second-order valence-corrected chi connectivity index (χ2v) is 12.3. The van der Waals surface area contributed by atoms with Gasteiger partial charge in [0.15, 0.2) is 0 Å². The molecule has 1 heterocycles. The molecule has 3 heteroatoms. The molecule has 5 saturated carbocycles. The predicted octanol–water partition coefficient (Wildman–Crippen LogP) is 5.32. The smallest absolute Gasteiger partial charge is 0.0612 e. The standard InChI is InChI=1S/C27H44O3/c28-19-8-10-21-17(14-19)6-12-23-26(21)25(16-4-2-1-3-5-16)27-22-11-9-20(29)15-18(22)7-13-24(27)30-23/h16-29H,1-15H2. The molecule has 1 saturated heterocycles. The normalized spacial score (nSPS) is 54.4. The molecule has 0 amide bonds. The number of hydrogen-bond acceptors (Lipinski definition) is 3. The van der Waals surface area contributed by atoms with E-state index in [2.05, 4.69) is 0 Å². The first-order valence-electron chi connectivity index (χ1n) is 13.7. The third kappa shape index (κ3) is 3.50. The van der Waals surface area contributed by atoms with Gasteiger partial charge in [0.05, 0.1) is 24.4 Å². The van der Waals surface area contributed by atoms with Crippen LogP contribution in [-0.4, -0.2) is 34.6 Å². The van der Waals surface area contributed by atoms with Gasteiger partial charge in [-0.1, -0.05) is 32.1 Å². The van der Waals surface area contributed by atoms with Crippen molar-refractivity contribution in [3.8, 4) is 0 Å². The Morgan fingerprint density at radius 3 is 1.53 bits per heavy atom. The second kappa shape index (κ2) is 8.34. The van der Waals surface area contributed by atoms with Gasteiger partial charge in [-0.2, -0.15) is 0 Å². The van der Waals surface area contributed by atoms with Gasteiger partial charge in [-0.15, -0.1) is 0 Å². The van der Waals surface area contributed by atoms with E-state index in [0.717, 1.165) is 73.0 Å². The Labute approximate surface area is 183 Å². The van der Waals surface area contributed by atoms with Crippen LogP contribution in [0.2, 0.25) is 0 Å². The quantitative estimate of drug-likeness (QED) is 0.608. The highest BCUT2D eigenvalue weighted by molar-refractivity contribution is 5.06. The first-order chi connectivity index (χ1) is 14.7. The number of hydrogen-bond donors (Lipinski definition) is 2. The number of aliphatic hydroxyl groups excluding tert-OH is 2. The topological polar surface area (TPSA) is 49.7 Å². The van der Waals surface area contributed by atoms with Crippen LogP contribution in [0.15, 0.2) is 0 Å². The minimum absolute atomic E-state index is 0.0490. The van der Waals surface area contributed by atoms with Crippen LogP contribution in [0.25, 0.3) is 0 Å². The highest BCUT2D eigenvalue weighted by Gasteiger charge is 2.58. The molecule has 0 aromatic rings. The highest BCUT2D eigenvalue weighted by atomic mass is 16.5. The Bertz CT molecular complexity index is 559. The van der Waals surface area contributed by atoms with Crippen molar-refractivity contribution in [1.82, 2.24) is 0 Å². The van der Waals surface area contributed by atoms with Gasteiger partial charge in [0, 0.05) is 0 Å². The summed E-state index contributed by atoms with van der Waals surface area (Å²) in [7, 11) is 0. The van der Waals surface area contributed by atoms with Crippen LogP contribution in [0, 0.1) is 47.3 Å². The van der Waals surface area contributed by atoms with Crippen LogP contribution in [0.1, 0.15) is 96.3 Å². The molecule has 0 aromatic heterocycles. The van der Waals surface area contributed by atoms with E-state index in [9.17, 15) is 10.2 Å². The molecule has 10 atom stereocenters. The lowest BCUT2D eigenvalue weighted by Gasteiger charge is -2.62. The Kier molecular flexibility index (Phi) is 5.69. The van der Waals surface area contributed by atoms with E-state index in [1.807, 2.05) is 0 Å². The van der Waals surface area contributed by atoms with E-state index >= 15 is 0 Å². The fourth-order valence-corrected chi connectivity index (χ4v) is 9.91. The Hall–Kier alpha value is -0.120. The fraction of sp³-hybridized carbons (Fsp3) is 1.00. The summed E-state index contributed by atoms with van der Waals surface area (Å²) in [6.45, 7) is 0. The SMILES string of the molecule is OC1CCC2C(CCC3OC4CCC5CC(O)CCC5C4C(C4CCCCC4)C32)C1. The van der Waals surface area contributed by atoms with Gasteiger partial charge in [0.25, 0.3) is 0 Å². The molecule has 6 fully saturated rings. The third-order valence-corrected chi connectivity index (χ3v) is 11.0. The summed E-state index contributed by atoms with van der Waals surface area (Å²) in [5, 5.41) is 20.7. The average Bonchev–Trinajstić information content (AvgIpc) is 2.77. The van der Waals surface area contributed by atoms with Crippen LogP contribution in [0.3, 0.4) is 0 Å². The van der Waals surface area contributed by atoms with Gasteiger partial charge >= 0.3 is 0 Å². The fourth-order valence-electron chi connectivity index (χ4n) is 9.91. The van der Waals surface area contributed by atoms with Crippen LogP contribution in [0.4, 0.5) is 0 Å². The van der Waals surface area contributed by atoms with Crippen molar-refractivity contribution in [2.24, 2.45) is 47.3 Å².